The lowest BCUT2D eigenvalue weighted by Gasteiger charge is -2.03. The van der Waals surface area contributed by atoms with Gasteiger partial charge >= 0.3 is 0 Å². The second kappa shape index (κ2) is 9.99. The molecule has 194 valence electrons. The van der Waals surface area contributed by atoms with E-state index in [-0.39, 0.29) is 0 Å². The molecule has 0 nitrogen and oxygen atoms in total. The number of aryl methyl sites for hydroxylation is 8. The third kappa shape index (κ3) is 4.63. The van der Waals surface area contributed by atoms with Crippen LogP contribution in [0.5, 0.6) is 0 Å². The zero-order valence-electron chi connectivity index (χ0n) is 22.9. The summed E-state index contributed by atoms with van der Waals surface area (Å²) in [6.45, 7) is 18.0. The third-order valence-electron chi connectivity index (χ3n) is 6.94. The van der Waals surface area contributed by atoms with Gasteiger partial charge in [-0.25, -0.2) is 0 Å². The van der Waals surface area contributed by atoms with E-state index in [0.717, 1.165) is 0 Å². The molecule has 0 amide bonds. The molecule has 6 aromatic heterocycles. The highest BCUT2D eigenvalue weighted by Gasteiger charge is 2.23. The quantitative estimate of drug-likeness (QED) is 0.183. The van der Waals surface area contributed by atoms with Crippen LogP contribution in [0.15, 0.2) is 36.4 Å². The highest BCUT2D eigenvalue weighted by molar-refractivity contribution is 7.27. The molecule has 0 fully saturated rings. The summed E-state index contributed by atoms with van der Waals surface area (Å²) < 4.78 is 0. The van der Waals surface area contributed by atoms with Crippen LogP contribution >= 0.6 is 68.0 Å². The zero-order valence-corrected chi connectivity index (χ0v) is 27.8. The monoisotopic (exact) mass is 606 g/mol. The smallest absolute Gasteiger partial charge is 0.0538 e. The van der Waals surface area contributed by atoms with Crippen molar-refractivity contribution < 1.29 is 0 Å². The van der Waals surface area contributed by atoms with Gasteiger partial charge in [-0.1, -0.05) is 0 Å². The predicted molar refractivity (Wildman–Crippen MR) is 179 cm³/mol. The highest BCUT2D eigenvalue weighted by Crippen LogP contribution is 2.52. The van der Waals surface area contributed by atoms with Crippen molar-refractivity contribution in [2.45, 2.75) is 55.4 Å². The molecule has 0 aliphatic carbocycles. The fourth-order valence-corrected chi connectivity index (χ4v) is 12.2. The minimum atomic E-state index is 1.37. The van der Waals surface area contributed by atoms with Crippen molar-refractivity contribution in [3.8, 4) is 51.5 Å². The lowest BCUT2D eigenvalue weighted by atomic mass is 10.1. The maximum absolute atomic E-state index is 2.47. The van der Waals surface area contributed by atoms with Crippen LogP contribution in [0, 0.1) is 55.4 Å². The van der Waals surface area contributed by atoms with Crippen LogP contribution in [-0.2, 0) is 0 Å². The van der Waals surface area contributed by atoms with Gasteiger partial charge < -0.3 is 0 Å². The average Bonchev–Trinajstić information content (AvgIpc) is 3.66. The van der Waals surface area contributed by atoms with E-state index in [1.54, 1.807) is 0 Å². The maximum Gasteiger partial charge on any atom is 0.0538 e. The fraction of sp³-hybridized carbons (Fsp3) is 0.250. The summed E-state index contributed by atoms with van der Waals surface area (Å²) in [5.41, 5.74) is 8.32. The van der Waals surface area contributed by atoms with E-state index in [9.17, 15) is 0 Å². The number of thiophene rings is 6. The molecule has 0 saturated carbocycles. The molecule has 0 aliphatic heterocycles. The normalized spacial score (nSPS) is 11.7. The fourth-order valence-electron chi connectivity index (χ4n) is 5.21. The van der Waals surface area contributed by atoms with E-state index in [0.29, 0.717) is 0 Å². The molecule has 0 saturated heterocycles. The van der Waals surface area contributed by atoms with Crippen LogP contribution < -0.4 is 0 Å². The van der Waals surface area contributed by atoms with E-state index in [2.05, 4.69) is 91.8 Å². The van der Waals surface area contributed by atoms with Crippen LogP contribution in [0.3, 0.4) is 0 Å². The molecular formula is C32H30S6. The molecule has 0 N–H and O–H groups in total. The van der Waals surface area contributed by atoms with Gasteiger partial charge in [-0.3, -0.25) is 0 Å². The van der Waals surface area contributed by atoms with Crippen LogP contribution in [-0.4, -0.2) is 0 Å². The second-order valence-corrected chi connectivity index (χ2v) is 17.6. The van der Waals surface area contributed by atoms with Gasteiger partial charge in [0, 0.05) is 75.9 Å². The van der Waals surface area contributed by atoms with Crippen molar-refractivity contribution in [1.29, 1.82) is 0 Å². The van der Waals surface area contributed by atoms with Gasteiger partial charge in [0.05, 0.1) is 4.88 Å². The summed E-state index contributed by atoms with van der Waals surface area (Å²) in [5.74, 6) is 0. The van der Waals surface area contributed by atoms with Crippen LogP contribution in [0.1, 0.15) is 40.4 Å². The first-order valence-electron chi connectivity index (χ1n) is 12.7. The minimum absolute atomic E-state index is 1.37. The van der Waals surface area contributed by atoms with Crippen LogP contribution in [0.25, 0.3) is 51.5 Å². The Morgan fingerprint density at radius 2 is 0.711 bits per heavy atom. The van der Waals surface area contributed by atoms with Crippen molar-refractivity contribution in [2.75, 3.05) is 0 Å². The molecule has 0 bridgehead atoms. The summed E-state index contributed by atoms with van der Waals surface area (Å²) in [7, 11) is 0. The zero-order chi connectivity index (χ0) is 26.9. The van der Waals surface area contributed by atoms with Crippen molar-refractivity contribution in [2.24, 2.45) is 0 Å². The molecule has 6 heterocycles. The van der Waals surface area contributed by atoms with Gasteiger partial charge in [-0.05, 0) is 103 Å². The molecule has 0 radical (unpaired) electrons. The van der Waals surface area contributed by atoms with Crippen molar-refractivity contribution in [3.05, 3.63) is 76.8 Å². The summed E-state index contributed by atoms with van der Waals surface area (Å²) in [4.78, 5) is 16.7. The molecule has 6 rings (SSSR count). The molecule has 0 spiro atoms. The Kier molecular flexibility index (Phi) is 6.95. The van der Waals surface area contributed by atoms with Crippen LogP contribution in [0.2, 0.25) is 0 Å². The lowest BCUT2D eigenvalue weighted by Crippen LogP contribution is -1.77. The number of rotatable bonds is 5. The highest BCUT2D eigenvalue weighted by atomic mass is 32.1. The topological polar surface area (TPSA) is 0 Å². The summed E-state index contributed by atoms with van der Waals surface area (Å²) in [5, 5.41) is 0. The Bertz CT molecular complexity index is 1690. The maximum atomic E-state index is 2.47. The van der Waals surface area contributed by atoms with Gasteiger partial charge in [-0.15, -0.1) is 68.0 Å². The summed E-state index contributed by atoms with van der Waals surface area (Å²) in [6, 6.07) is 14.4. The Labute approximate surface area is 249 Å². The van der Waals surface area contributed by atoms with E-state index in [4.69, 9.17) is 0 Å². The lowest BCUT2D eigenvalue weighted by molar-refractivity contribution is 1.53. The first-order chi connectivity index (χ1) is 18.1. The van der Waals surface area contributed by atoms with E-state index in [1.165, 1.54) is 91.9 Å². The SMILES string of the molecule is Cc1cc(-c2cc(C)c(-c3cc(-c4cc(C)sc4C)sc3-c3sc(-c4cc(C)sc4C)cc3C)s2)c(C)s1. The van der Waals surface area contributed by atoms with E-state index >= 15 is 0 Å². The van der Waals surface area contributed by atoms with Gasteiger partial charge in [0.1, 0.15) is 0 Å². The second-order valence-electron chi connectivity index (χ2n) is 10.1. The first kappa shape index (κ1) is 26.4. The Morgan fingerprint density at radius 1 is 0.342 bits per heavy atom. The van der Waals surface area contributed by atoms with Gasteiger partial charge in [0.25, 0.3) is 0 Å². The molecule has 6 heteroatoms. The minimum Gasteiger partial charge on any atom is -0.145 e. The molecule has 0 aliphatic rings. The third-order valence-corrected chi connectivity index (χ3v) is 13.7. The van der Waals surface area contributed by atoms with Gasteiger partial charge in [0.2, 0.25) is 0 Å². The van der Waals surface area contributed by atoms with Gasteiger partial charge in [-0.2, -0.15) is 0 Å². The average molecular weight is 607 g/mol. The molecular weight excluding hydrogens is 577 g/mol. The Hall–Kier alpha value is -1.80. The first-order valence-corrected chi connectivity index (χ1v) is 17.6. The molecule has 0 unspecified atom stereocenters. The van der Waals surface area contributed by atoms with Crippen molar-refractivity contribution in [1.82, 2.24) is 0 Å². The molecule has 38 heavy (non-hydrogen) atoms. The predicted octanol–water partition coefficient (Wildman–Crippen LogP) is 12.9. The Morgan fingerprint density at radius 3 is 1.13 bits per heavy atom. The van der Waals surface area contributed by atoms with E-state index in [1.807, 2.05) is 68.0 Å². The molecule has 6 aromatic rings. The standard InChI is InChI=1S/C32H30S6/c1-15-9-27(23-11-17(3)33-20(23)6)36-30(15)26-14-29(25-13-19(5)35-22(25)8)38-32(26)31-16(2)10-28(37-31)24-12-18(4)34-21(24)7/h9-14H,1-8H3. The van der Waals surface area contributed by atoms with E-state index < -0.39 is 0 Å². The van der Waals surface area contributed by atoms with Crippen molar-refractivity contribution >= 4 is 68.0 Å². The van der Waals surface area contributed by atoms with Crippen molar-refractivity contribution in [3.63, 3.8) is 0 Å². The van der Waals surface area contributed by atoms with Gasteiger partial charge in [0.15, 0.2) is 0 Å². The largest absolute Gasteiger partial charge is 0.145 e. The number of hydrogen-bond acceptors (Lipinski definition) is 6. The van der Waals surface area contributed by atoms with Crippen LogP contribution in [0.4, 0.5) is 0 Å². The Balaban J connectivity index is 1.55. The molecule has 0 aromatic carbocycles. The molecule has 0 atom stereocenters. The summed E-state index contributed by atoms with van der Waals surface area (Å²) >= 11 is 11.6. The number of hydrogen-bond donors (Lipinski definition) is 0. The summed E-state index contributed by atoms with van der Waals surface area (Å²) in [6.07, 6.45) is 0.